The van der Waals surface area contributed by atoms with Crippen molar-refractivity contribution in [1.82, 2.24) is 0 Å². The van der Waals surface area contributed by atoms with E-state index in [1.807, 2.05) is 0 Å². The highest BCUT2D eigenvalue weighted by molar-refractivity contribution is 8.13. The van der Waals surface area contributed by atoms with Crippen LogP contribution in [0.5, 0.6) is 0 Å². The van der Waals surface area contributed by atoms with Crippen molar-refractivity contribution in [2.24, 2.45) is 0 Å². The zero-order chi connectivity index (χ0) is 14.9. The lowest BCUT2D eigenvalue weighted by atomic mass is 10.0. The molecular formula is C13H7Cl3O3S. The second-order valence-electron chi connectivity index (χ2n) is 3.92. The summed E-state index contributed by atoms with van der Waals surface area (Å²) >= 11 is 11.7. The molecule has 0 fully saturated rings. The van der Waals surface area contributed by atoms with Gasteiger partial charge in [-0.15, -0.1) is 0 Å². The molecule has 0 heterocycles. The van der Waals surface area contributed by atoms with Gasteiger partial charge >= 0.3 is 0 Å². The van der Waals surface area contributed by atoms with Crippen LogP contribution in [0.15, 0.2) is 47.4 Å². The highest BCUT2D eigenvalue weighted by atomic mass is 35.7. The van der Waals surface area contributed by atoms with Gasteiger partial charge in [-0.3, -0.25) is 4.79 Å². The van der Waals surface area contributed by atoms with Crippen molar-refractivity contribution < 1.29 is 13.2 Å². The van der Waals surface area contributed by atoms with Crippen LogP contribution in [0.2, 0.25) is 10.0 Å². The smallest absolute Gasteiger partial charge is 0.261 e. The maximum Gasteiger partial charge on any atom is 0.261 e. The van der Waals surface area contributed by atoms with E-state index in [4.69, 9.17) is 33.9 Å². The highest BCUT2D eigenvalue weighted by Gasteiger charge is 2.18. The van der Waals surface area contributed by atoms with Gasteiger partial charge in [-0.05, 0) is 42.5 Å². The summed E-state index contributed by atoms with van der Waals surface area (Å²) in [4.78, 5) is 12.1. The zero-order valence-electron chi connectivity index (χ0n) is 9.81. The van der Waals surface area contributed by atoms with Gasteiger partial charge in [0.1, 0.15) is 0 Å². The van der Waals surface area contributed by atoms with E-state index in [0.29, 0.717) is 10.6 Å². The topological polar surface area (TPSA) is 51.2 Å². The van der Waals surface area contributed by atoms with Gasteiger partial charge in [0.2, 0.25) is 0 Å². The first-order valence-electron chi connectivity index (χ1n) is 5.33. The minimum atomic E-state index is -3.92. The number of ketones is 1. The van der Waals surface area contributed by atoms with Crippen molar-refractivity contribution in [3.05, 3.63) is 63.6 Å². The van der Waals surface area contributed by atoms with E-state index >= 15 is 0 Å². The highest BCUT2D eigenvalue weighted by Crippen LogP contribution is 2.25. The normalized spacial score (nSPS) is 11.3. The average Bonchev–Trinajstić information content (AvgIpc) is 2.38. The Labute approximate surface area is 130 Å². The van der Waals surface area contributed by atoms with Crippen molar-refractivity contribution in [1.29, 1.82) is 0 Å². The quantitative estimate of drug-likeness (QED) is 0.618. The molecule has 2 aromatic rings. The van der Waals surface area contributed by atoms with Crippen LogP contribution in [0, 0.1) is 0 Å². The molecular weight excluding hydrogens is 343 g/mol. The fourth-order valence-electron chi connectivity index (χ4n) is 1.59. The Morgan fingerprint density at radius 1 is 0.950 bits per heavy atom. The van der Waals surface area contributed by atoms with Gasteiger partial charge in [-0.2, -0.15) is 0 Å². The molecule has 0 aliphatic rings. The van der Waals surface area contributed by atoms with E-state index < -0.39 is 14.8 Å². The van der Waals surface area contributed by atoms with Crippen molar-refractivity contribution in [3.8, 4) is 0 Å². The summed E-state index contributed by atoms with van der Waals surface area (Å²) in [5.41, 5.74) is 0.413. The van der Waals surface area contributed by atoms with E-state index in [9.17, 15) is 13.2 Å². The third-order valence-corrected chi connectivity index (χ3v) is 4.50. The summed E-state index contributed by atoms with van der Waals surface area (Å²) in [6.07, 6.45) is 0. The summed E-state index contributed by atoms with van der Waals surface area (Å²) in [6, 6.07) is 9.90. The van der Waals surface area contributed by atoms with E-state index in [0.717, 1.165) is 6.07 Å². The van der Waals surface area contributed by atoms with Crippen molar-refractivity contribution in [3.63, 3.8) is 0 Å². The van der Waals surface area contributed by atoms with Gasteiger partial charge in [0.15, 0.2) is 5.78 Å². The monoisotopic (exact) mass is 348 g/mol. The number of rotatable bonds is 3. The number of hydrogen-bond acceptors (Lipinski definition) is 3. The van der Waals surface area contributed by atoms with E-state index in [-0.39, 0.29) is 15.5 Å². The van der Waals surface area contributed by atoms with Gasteiger partial charge in [0.25, 0.3) is 9.05 Å². The Morgan fingerprint density at radius 3 is 2.10 bits per heavy atom. The third kappa shape index (κ3) is 3.33. The van der Waals surface area contributed by atoms with Gasteiger partial charge < -0.3 is 0 Å². The summed E-state index contributed by atoms with van der Waals surface area (Å²) in [5.74, 6) is -0.408. The minimum Gasteiger partial charge on any atom is -0.289 e. The molecule has 0 aromatic heterocycles. The van der Waals surface area contributed by atoms with Crippen LogP contribution in [0.3, 0.4) is 0 Å². The molecule has 2 aromatic carbocycles. The maximum atomic E-state index is 12.3. The molecule has 0 bridgehead atoms. The van der Waals surface area contributed by atoms with Crippen LogP contribution in [-0.2, 0) is 9.05 Å². The lowest BCUT2D eigenvalue weighted by Crippen LogP contribution is -2.04. The fraction of sp³-hybridized carbons (Fsp3) is 0. The SMILES string of the molecule is O=C(c1ccc(Cl)cc1)c1cc(S(=O)(=O)Cl)ccc1Cl. The van der Waals surface area contributed by atoms with Crippen molar-refractivity contribution in [2.75, 3.05) is 0 Å². The standard InChI is InChI=1S/C13H7Cl3O3S/c14-9-3-1-8(2-4-9)13(17)11-7-10(20(16,18)19)5-6-12(11)15/h1-7H. The Hall–Kier alpha value is -1.07. The molecule has 3 nitrogen and oxygen atoms in total. The first kappa shape index (κ1) is 15.3. The van der Waals surface area contributed by atoms with Gasteiger partial charge in [-0.1, -0.05) is 23.2 Å². The molecule has 104 valence electrons. The second-order valence-corrected chi connectivity index (χ2v) is 7.33. The fourth-order valence-corrected chi connectivity index (χ4v) is 2.69. The van der Waals surface area contributed by atoms with Gasteiger partial charge in [0, 0.05) is 26.8 Å². The molecule has 0 amide bonds. The van der Waals surface area contributed by atoms with Crippen LogP contribution in [-0.4, -0.2) is 14.2 Å². The molecule has 0 unspecified atom stereocenters. The van der Waals surface area contributed by atoms with Crippen LogP contribution < -0.4 is 0 Å². The Bertz CT molecular complexity index is 768. The number of carbonyl (C=O) groups is 1. The second kappa shape index (κ2) is 5.74. The molecule has 0 saturated heterocycles. The van der Waals surface area contributed by atoms with Crippen molar-refractivity contribution in [2.45, 2.75) is 4.90 Å². The molecule has 0 saturated carbocycles. The van der Waals surface area contributed by atoms with Gasteiger partial charge in [0.05, 0.1) is 9.92 Å². The number of benzene rings is 2. The number of carbonyl (C=O) groups excluding carboxylic acids is 1. The zero-order valence-corrected chi connectivity index (χ0v) is 12.9. The molecule has 0 N–H and O–H groups in total. The van der Waals surface area contributed by atoms with Gasteiger partial charge in [-0.25, -0.2) is 8.42 Å². The largest absolute Gasteiger partial charge is 0.289 e. The summed E-state index contributed by atoms with van der Waals surface area (Å²) in [5, 5.41) is 0.638. The maximum absolute atomic E-state index is 12.3. The predicted molar refractivity (Wildman–Crippen MR) is 79.4 cm³/mol. The van der Waals surface area contributed by atoms with E-state index in [1.54, 1.807) is 12.1 Å². The summed E-state index contributed by atoms with van der Waals surface area (Å²) in [6.45, 7) is 0. The van der Waals surface area contributed by atoms with Crippen LogP contribution in [0.25, 0.3) is 0 Å². The lowest BCUT2D eigenvalue weighted by molar-refractivity contribution is 0.103. The first-order valence-corrected chi connectivity index (χ1v) is 8.40. The van der Waals surface area contributed by atoms with E-state index in [1.165, 1.54) is 24.3 Å². The van der Waals surface area contributed by atoms with Crippen molar-refractivity contribution >= 4 is 48.7 Å². The van der Waals surface area contributed by atoms with Crippen LogP contribution in [0.1, 0.15) is 15.9 Å². The Kier molecular flexibility index (Phi) is 4.39. The summed E-state index contributed by atoms with van der Waals surface area (Å²) in [7, 11) is 1.33. The molecule has 20 heavy (non-hydrogen) atoms. The third-order valence-electron chi connectivity index (χ3n) is 2.57. The van der Waals surface area contributed by atoms with E-state index in [2.05, 4.69) is 0 Å². The van der Waals surface area contributed by atoms with Crippen LogP contribution >= 0.6 is 33.9 Å². The molecule has 2 rings (SSSR count). The Morgan fingerprint density at radius 2 is 1.55 bits per heavy atom. The molecule has 0 radical (unpaired) electrons. The lowest BCUT2D eigenvalue weighted by Gasteiger charge is -2.05. The minimum absolute atomic E-state index is 0.0655. The predicted octanol–water partition coefficient (Wildman–Crippen LogP) is 4.15. The molecule has 0 aliphatic heterocycles. The molecule has 0 spiro atoms. The average molecular weight is 350 g/mol. The summed E-state index contributed by atoms with van der Waals surface area (Å²) < 4.78 is 22.6. The number of halogens is 3. The molecule has 0 aliphatic carbocycles. The van der Waals surface area contributed by atoms with Crippen LogP contribution in [0.4, 0.5) is 0 Å². The first-order chi connectivity index (χ1) is 9.29. The molecule has 7 heteroatoms. The number of hydrogen-bond donors (Lipinski definition) is 0. The molecule has 0 atom stereocenters. The Balaban J connectivity index is 2.52.